The number of benzene rings is 2. The zero-order valence-electron chi connectivity index (χ0n) is 19.3. The molecule has 0 aliphatic carbocycles. The predicted molar refractivity (Wildman–Crippen MR) is 128 cm³/mol. The van der Waals surface area contributed by atoms with Gasteiger partial charge in [-0.15, -0.1) is 0 Å². The molecule has 3 amide bonds. The van der Waals surface area contributed by atoms with E-state index in [1.165, 1.54) is 5.56 Å². The third-order valence-electron chi connectivity index (χ3n) is 5.73. The van der Waals surface area contributed by atoms with Crippen LogP contribution in [0.1, 0.15) is 25.0 Å². The van der Waals surface area contributed by atoms with E-state index in [9.17, 15) is 9.59 Å². The Bertz CT molecular complexity index is 879. The molecule has 0 radical (unpaired) electrons. The average Bonchev–Trinajstić information content (AvgIpc) is 2.78. The van der Waals surface area contributed by atoms with Crippen molar-refractivity contribution in [2.75, 3.05) is 38.5 Å². The summed E-state index contributed by atoms with van der Waals surface area (Å²) in [4.78, 5) is 30.1. The first-order valence-electron chi connectivity index (χ1n) is 11.3. The Morgan fingerprint density at radius 1 is 0.938 bits per heavy atom. The Morgan fingerprint density at radius 2 is 1.62 bits per heavy atom. The summed E-state index contributed by atoms with van der Waals surface area (Å²) in [5, 5.41) is 8.62. The number of carbonyl (C=O) groups is 2. The average molecular weight is 438 g/mol. The maximum atomic E-state index is 12.9. The fourth-order valence-electron chi connectivity index (χ4n) is 3.74. The number of piperazine rings is 1. The van der Waals surface area contributed by atoms with E-state index in [4.69, 9.17) is 0 Å². The molecule has 172 valence electrons. The van der Waals surface area contributed by atoms with Crippen molar-refractivity contribution in [3.8, 4) is 0 Å². The Balaban J connectivity index is 1.54. The highest BCUT2D eigenvalue weighted by atomic mass is 16.2. The van der Waals surface area contributed by atoms with E-state index in [0.717, 1.165) is 44.0 Å². The van der Waals surface area contributed by atoms with Crippen LogP contribution in [-0.2, 0) is 17.9 Å². The van der Waals surface area contributed by atoms with E-state index in [-0.39, 0.29) is 17.9 Å². The first kappa shape index (κ1) is 23.8. The van der Waals surface area contributed by atoms with Crippen LogP contribution in [0.3, 0.4) is 0 Å². The topological polar surface area (TPSA) is 76.7 Å². The minimum Gasteiger partial charge on any atom is -0.334 e. The van der Waals surface area contributed by atoms with Crippen molar-refractivity contribution in [3.05, 3.63) is 65.7 Å². The number of nitrogens with zero attached hydrogens (tertiary/aromatic N) is 2. The van der Waals surface area contributed by atoms with Crippen molar-refractivity contribution >= 4 is 17.6 Å². The minimum atomic E-state index is -0.632. The van der Waals surface area contributed by atoms with Crippen molar-refractivity contribution in [2.45, 2.75) is 33.0 Å². The van der Waals surface area contributed by atoms with Gasteiger partial charge in [-0.2, -0.15) is 0 Å². The highest BCUT2D eigenvalue weighted by Gasteiger charge is 2.24. The fraction of sp³-hybridized carbons (Fsp3) is 0.440. The van der Waals surface area contributed by atoms with Gasteiger partial charge in [-0.3, -0.25) is 9.69 Å². The van der Waals surface area contributed by atoms with E-state index >= 15 is 0 Å². The van der Waals surface area contributed by atoms with Crippen LogP contribution in [-0.4, -0.2) is 61.0 Å². The second-order valence-electron chi connectivity index (χ2n) is 8.80. The van der Waals surface area contributed by atoms with Crippen LogP contribution in [0.4, 0.5) is 10.5 Å². The van der Waals surface area contributed by atoms with Crippen LogP contribution in [0.25, 0.3) is 0 Å². The summed E-state index contributed by atoms with van der Waals surface area (Å²) >= 11 is 0. The largest absolute Gasteiger partial charge is 0.334 e. The van der Waals surface area contributed by atoms with Gasteiger partial charge in [-0.25, -0.2) is 4.79 Å². The first-order chi connectivity index (χ1) is 15.4. The van der Waals surface area contributed by atoms with Gasteiger partial charge in [0, 0.05) is 45.0 Å². The molecule has 1 aliphatic heterocycles. The Kier molecular flexibility index (Phi) is 8.64. The van der Waals surface area contributed by atoms with E-state index in [1.807, 2.05) is 62.4 Å². The molecule has 0 aromatic heterocycles. The number of hydrogen-bond acceptors (Lipinski definition) is 4. The summed E-state index contributed by atoms with van der Waals surface area (Å²) in [5.41, 5.74) is 2.92. The minimum absolute atomic E-state index is 0.0500. The zero-order chi connectivity index (χ0) is 22.9. The van der Waals surface area contributed by atoms with Gasteiger partial charge in [0.2, 0.25) is 5.91 Å². The molecule has 1 atom stereocenters. The highest BCUT2D eigenvalue weighted by Crippen LogP contribution is 2.15. The Labute approximate surface area is 191 Å². The van der Waals surface area contributed by atoms with Crippen LogP contribution >= 0.6 is 0 Å². The molecular formula is C25H35N5O2. The summed E-state index contributed by atoms with van der Waals surface area (Å²) in [6, 6.07) is 16.6. The normalized spacial score (nSPS) is 15.9. The molecule has 7 heteroatoms. The Morgan fingerprint density at radius 3 is 2.31 bits per heavy atom. The van der Waals surface area contributed by atoms with Gasteiger partial charge >= 0.3 is 6.03 Å². The van der Waals surface area contributed by atoms with Gasteiger partial charge in [-0.1, -0.05) is 56.3 Å². The van der Waals surface area contributed by atoms with Crippen molar-refractivity contribution in [1.29, 1.82) is 0 Å². The number of urea groups is 1. The number of anilines is 1. The second-order valence-corrected chi connectivity index (χ2v) is 8.80. The Hall–Kier alpha value is -2.90. The van der Waals surface area contributed by atoms with Gasteiger partial charge in [0.15, 0.2) is 0 Å². The number of nitrogens with one attached hydrogen (secondary N) is 3. The molecule has 2 aromatic rings. The molecule has 1 aliphatic rings. The quantitative estimate of drug-likeness (QED) is 0.594. The number of carbonyl (C=O) groups excluding carboxylic acids is 2. The molecule has 1 saturated heterocycles. The maximum absolute atomic E-state index is 12.9. The van der Waals surface area contributed by atoms with Crippen molar-refractivity contribution in [3.63, 3.8) is 0 Å². The predicted octanol–water partition coefficient (Wildman–Crippen LogP) is 2.90. The van der Waals surface area contributed by atoms with Gasteiger partial charge < -0.3 is 20.9 Å². The van der Waals surface area contributed by atoms with Crippen LogP contribution in [0.2, 0.25) is 0 Å². The smallest absolute Gasteiger partial charge is 0.315 e. The van der Waals surface area contributed by atoms with E-state index in [1.54, 1.807) is 0 Å². The van der Waals surface area contributed by atoms with Crippen molar-refractivity contribution < 1.29 is 9.59 Å². The molecule has 2 aromatic carbocycles. The summed E-state index contributed by atoms with van der Waals surface area (Å²) in [6.45, 7) is 9.36. The lowest BCUT2D eigenvalue weighted by atomic mass is 10.0. The zero-order valence-corrected chi connectivity index (χ0v) is 19.3. The van der Waals surface area contributed by atoms with Crippen LogP contribution < -0.4 is 16.0 Å². The lowest BCUT2D eigenvalue weighted by molar-refractivity contribution is -0.118. The standard InChI is InChI=1S/C25H35N5O2/c1-19(2)23(28-25(32)26-17-20-8-5-4-6-9-20)24(31)27-22-11-7-10-21(16-22)18-30-14-12-29(3)13-15-30/h4-11,16,19,23H,12-15,17-18H2,1-3H3,(H,27,31)(H2,26,28,32). The molecule has 0 bridgehead atoms. The molecular weight excluding hydrogens is 402 g/mol. The lowest BCUT2D eigenvalue weighted by Gasteiger charge is -2.32. The van der Waals surface area contributed by atoms with Crippen LogP contribution in [0, 0.1) is 5.92 Å². The summed E-state index contributed by atoms with van der Waals surface area (Å²) < 4.78 is 0. The molecule has 1 unspecified atom stereocenters. The molecule has 0 saturated carbocycles. The fourth-order valence-corrected chi connectivity index (χ4v) is 3.74. The number of amides is 3. The van der Waals surface area contributed by atoms with Gasteiger partial charge in [0.1, 0.15) is 6.04 Å². The summed E-state index contributed by atoms with van der Waals surface area (Å²) in [6.07, 6.45) is 0. The monoisotopic (exact) mass is 437 g/mol. The van der Waals surface area contributed by atoms with Gasteiger partial charge in [0.05, 0.1) is 0 Å². The summed E-state index contributed by atoms with van der Waals surface area (Å²) in [7, 11) is 2.15. The van der Waals surface area contributed by atoms with Crippen LogP contribution in [0.5, 0.6) is 0 Å². The number of likely N-dealkylation sites (N-methyl/N-ethyl adjacent to an activating group) is 1. The van der Waals surface area contributed by atoms with E-state index in [0.29, 0.717) is 6.54 Å². The lowest BCUT2D eigenvalue weighted by Crippen LogP contribution is -2.50. The molecule has 0 spiro atoms. The van der Waals surface area contributed by atoms with Gasteiger partial charge in [-0.05, 0) is 36.2 Å². The maximum Gasteiger partial charge on any atom is 0.315 e. The van der Waals surface area contributed by atoms with Crippen molar-refractivity contribution in [2.24, 2.45) is 5.92 Å². The van der Waals surface area contributed by atoms with Crippen molar-refractivity contribution in [1.82, 2.24) is 20.4 Å². The van der Waals surface area contributed by atoms with Gasteiger partial charge in [0.25, 0.3) is 0 Å². The molecule has 1 heterocycles. The van der Waals surface area contributed by atoms with E-state index in [2.05, 4.69) is 38.9 Å². The third-order valence-corrected chi connectivity index (χ3v) is 5.73. The number of rotatable bonds is 8. The highest BCUT2D eigenvalue weighted by molar-refractivity contribution is 5.97. The molecule has 7 nitrogen and oxygen atoms in total. The SMILES string of the molecule is CC(C)C(NC(=O)NCc1ccccc1)C(=O)Nc1cccc(CN2CCN(C)CC2)c1. The molecule has 32 heavy (non-hydrogen) atoms. The van der Waals surface area contributed by atoms with E-state index < -0.39 is 6.04 Å². The molecule has 1 fully saturated rings. The molecule has 3 N–H and O–H groups in total. The first-order valence-corrected chi connectivity index (χ1v) is 11.3. The summed E-state index contributed by atoms with van der Waals surface area (Å²) in [5.74, 6) is -0.266. The number of hydrogen-bond donors (Lipinski definition) is 3. The second kappa shape index (κ2) is 11.6. The molecule has 3 rings (SSSR count). The third kappa shape index (κ3) is 7.35. The van der Waals surface area contributed by atoms with Crippen LogP contribution in [0.15, 0.2) is 54.6 Å².